The summed E-state index contributed by atoms with van der Waals surface area (Å²) in [6.07, 6.45) is 1.61. The van der Waals surface area contributed by atoms with Gasteiger partial charge in [0.15, 0.2) is 10.9 Å². The van der Waals surface area contributed by atoms with E-state index in [-0.39, 0.29) is 18.0 Å². The van der Waals surface area contributed by atoms with Crippen molar-refractivity contribution in [3.8, 4) is 0 Å². The van der Waals surface area contributed by atoms with Crippen molar-refractivity contribution in [2.75, 3.05) is 4.90 Å². The Morgan fingerprint density at radius 1 is 1.21 bits per heavy atom. The molecule has 0 aliphatic rings. The number of carbonyl (C=O) groups is 1. The zero-order chi connectivity index (χ0) is 19.8. The van der Waals surface area contributed by atoms with Crippen molar-refractivity contribution in [1.29, 1.82) is 0 Å². The highest BCUT2D eigenvalue weighted by Gasteiger charge is 2.26. The molecule has 2 aromatic heterocycles. The van der Waals surface area contributed by atoms with Crippen LogP contribution in [0.3, 0.4) is 0 Å². The van der Waals surface area contributed by atoms with Gasteiger partial charge in [0.2, 0.25) is 0 Å². The number of carbonyl (C=O) groups excluding carboxylic acids is 1. The maximum absolute atomic E-state index is 14.1. The zero-order valence-corrected chi connectivity index (χ0v) is 16.0. The lowest BCUT2D eigenvalue weighted by molar-refractivity contribution is 0.0975. The summed E-state index contributed by atoms with van der Waals surface area (Å²) in [7, 11) is 1.69. The van der Waals surface area contributed by atoms with Crippen LogP contribution < -0.4 is 4.90 Å². The van der Waals surface area contributed by atoms with Gasteiger partial charge in [0.1, 0.15) is 17.0 Å². The first-order chi connectivity index (χ1) is 13.4. The van der Waals surface area contributed by atoms with Crippen molar-refractivity contribution in [3.05, 3.63) is 77.1 Å². The second-order valence-electron chi connectivity index (χ2n) is 6.41. The smallest absolute Gasteiger partial charge is 0.278 e. The fraction of sp³-hybridized carbons (Fsp3) is 0.150. The molecule has 0 unspecified atom stereocenters. The van der Waals surface area contributed by atoms with Crippen molar-refractivity contribution in [1.82, 2.24) is 14.8 Å². The van der Waals surface area contributed by atoms with Gasteiger partial charge in [-0.1, -0.05) is 41.7 Å². The Labute approximate surface area is 163 Å². The highest BCUT2D eigenvalue weighted by molar-refractivity contribution is 7.22. The van der Waals surface area contributed by atoms with Gasteiger partial charge in [0.25, 0.3) is 5.91 Å². The number of nitrogens with zero attached hydrogens (tertiary/aromatic N) is 4. The van der Waals surface area contributed by atoms with Gasteiger partial charge in [-0.2, -0.15) is 5.10 Å². The molecule has 8 heteroatoms. The summed E-state index contributed by atoms with van der Waals surface area (Å²) in [6.45, 7) is 2.04. The van der Waals surface area contributed by atoms with Gasteiger partial charge < -0.3 is 0 Å². The van der Waals surface area contributed by atoms with E-state index in [4.69, 9.17) is 0 Å². The molecule has 0 atom stereocenters. The summed E-state index contributed by atoms with van der Waals surface area (Å²) in [5, 5.41) is 4.43. The lowest BCUT2D eigenvalue weighted by Gasteiger charge is -2.20. The second-order valence-corrected chi connectivity index (χ2v) is 7.42. The van der Waals surface area contributed by atoms with Gasteiger partial charge in [-0.15, -0.1) is 0 Å². The Hall–Kier alpha value is -3.13. The first-order valence-electron chi connectivity index (χ1n) is 8.54. The Bertz CT molecular complexity index is 1150. The molecule has 0 radical (unpaired) electrons. The highest BCUT2D eigenvalue weighted by atomic mass is 32.1. The van der Waals surface area contributed by atoms with Crippen LogP contribution in [0.15, 0.2) is 48.7 Å². The minimum absolute atomic E-state index is 0.0500. The predicted molar refractivity (Wildman–Crippen MR) is 104 cm³/mol. The normalized spacial score (nSPS) is 11.1. The Kier molecular flexibility index (Phi) is 4.64. The van der Waals surface area contributed by atoms with Crippen LogP contribution in [0.1, 0.15) is 21.6 Å². The molecule has 0 bridgehead atoms. The third-order valence-electron chi connectivity index (χ3n) is 4.39. The third-order valence-corrected chi connectivity index (χ3v) is 5.41. The lowest BCUT2D eigenvalue weighted by atomic mass is 10.2. The van der Waals surface area contributed by atoms with Crippen molar-refractivity contribution >= 4 is 32.6 Å². The molecule has 0 spiro atoms. The topological polar surface area (TPSA) is 51.0 Å². The van der Waals surface area contributed by atoms with Crippen LogP contribution in [0.25, 0.3) is 10.2 Å². The number of thiazole rings is 1. The van der Waals surface area contributed by atoms with Gasteiger partial charge in [0, 0.05) is 13.1 Å². The van der Waals surface area contributed by atoms with Gasteiger partial charge in [-0.3, -0.25) is 14.4 Å². The number of aromatic nitrogens is 3. The molecule has 142 valence electrons. The van der Waals surface area contributed by atoms with Crippen LogP contribution in [0.5, 0.6) is 0 Å². The van der Waals surface area contributed by atoms with Gasteiger partial charge >= 0.3 is 0 Å². The van der Waals surface area contributed by atoms with E-state index in [2.05, 4.69) is 10.1 Å². The van der Waals surface area contributed by atoms with E-state index in [0.29, 0.717) is 15.5 Å². The number of amides is 1. The number of fused-ring (bicyclic) bond motifs is 1. The number of halogens is 2. The molecule has 0 saturated carbocycles. The second kappa shape index (κ2) is 7.12. The van der Waals surface area contributed by atoms with E-state index in [9.17, 15) is 13.6 Å². The number of hydrogen-bond acceptors (Lipinski definition) is 4. The highest BCUT2D eigenvalue weighted by Crippen LogP contribution is 2.33. The SMILES string of the molecule is Cc1cnn(C)c1C(=O)N(Cc1ccccc1)c1nc2c(F)cc(F)cc2s1. The van der Waals surface area contributed by atoms with E-state index in [1.165, 1.54) is 15.6 Å². The zero-order valence-electron chi connectivity index (χ0n) is 15.2. The molecule has 4 rings (SSSR count). The molecule has 0 aliphatic heterocycles. The maximum Gasteiger partial charge on any atom is 0.278 e. The average molecular weight is 398 g/mol. The van der Waals surface area contributed by atoms with Crippen LogP contribution in [0.4, 0.5) is 13.9 Å². The molecule has 4 aromatic rings. The molecule has 0 saturated heterocycles. The number of aryl methyl sites for hydroxylation is 2. The number of benzene rings is 2. The molecule has 28 heavy (non-hydrogen) atoms. The molecule has 2 heterocycles. The fourth-order valence-corrected chi connectivity index (χ4v) is 4.04. The van der Waals surface area contributed by atoms with E-state index < -0.39 is 11.6 Å². The summed E-state index contributed by atoms with van der Waals surface area (Å²) in [6, 6.07) is 11.4. The number of hydrogen-bond donors (Lipinski definition) is 0. The van der Waals surface area contributed by atoms with E-state index in [1.807, 2.05) is 30.3 Å². The Balaban J connectivity index is 1.83. The van der Waals surface area contributed by atoms with E-state index >= 15 is 0 Å². The molecule has 1 amide bonds. The lowest BCUT2D eigenvalue weighted by Crippen LogP contribution is -2.32. The summed E-state index contributed by atoms with van der Waals surface area (Å²) in [5.74, 6) is -1.73. The molecule has 5 nitrogen and oxygen atoms in total. The van der Waals surface area contributed by atoms with Crippen molar-refractivity contribution < 1.29 is 13.6 Å². The molecular weight excluding hydrogens is 382 g/mol. The van der Waals surface area contributed by atoms with E-state index in [1.54, 1.807) is 20.2 Å². The Morgan fingerprint density at radius 3 is 2.64 bits per heavy atom. The average Bonchev–Trinajstić information content (AvgIpc) is 3.23. The van der Waals surface area contributed by atoms with Crippen LogP contribution in [-0.2, 0) is 13.6 Å². The summed E-state index contributed by atoms with van der Waals surface area (Å²) in [4.78, 5) is 19.1. The quantitative estimate of drug-likeness (QED) is 0.510. The summed E-state index contributed by atoms with van der Waals surface area (Å²) < 4.78 is 29.6. The van der Waals surface area contributed by atoms with Crippen molar-refractivity contribution in [2.24, 2.45) is 7.05 Å². The molecule has 0 N–H and O–H groups in total. The summed E-state index contributed by atoms with van der Waals surface area (Å²) in [5.41, 5.74) is 2.08. The fourth-order valence-electron chi connectivity index (χ4n) is 3.04. The van der Waals surface area contributed by atoms with Crippen LogP contribution in [-0.4, -0.2) is 20.7 Å². The Morgan fingerprint density at radius 2 is 1.96 bits per heavy atom. The van der Waals surface area contributed by atoms with Crippen molar-refractivity contribution in [3.63, 3.8) is 0 Å². The minimum Gasteiger partial charge on any atom is -0.278 e. The molecular formula is C20H16F2N4OS. The first-order valence-corrected chi connectivity index (χ1v) is 9.35. The van der Waals surface area contributed by atoms with Gasteiger partial charge in [-0.25, -0.2) is 13.8 Å². The van der Waals surface area contributed by atoms with Gasteiger partial charge in [0.05, 0.1) is 17.4 Å². The van der Waals surface area contributed by atoms with E-state index in [0.717, 1.165) is 28.5 Å². The monoisotopic (exact) mass is 398 g/mol. The molecule has 0 aliphatic carbocycles. The summed E-state index contributed by atoms with van der Waals surface area (Å²) >= 11 is 1.07. The number of anilines is 1. The van der Waals surface area contributed by atoms with Crippen molar-refractivity contribution in [2.45, 2.75) is 13.5 Å². The van der Waals surface area contributed by atoms with Crippen LogP contribution in [0, 0.1) is 18.6 Å². The molecule has 2 aromatic carbocycles. The number of rotatable bonds is 4. The first kappa shape index (κ1) is 18.2. The largest absolute Gasteiger partial charge is 0.278 e. The van der Waals surface area contributed by atoms with Gasteiger partial charge in [-0.05, 0) is 24.1 Å². The van der Waals surface area contributed by atoms with Crippen LogP contribution >= 0.6 is 11.3 Å². The molecule has 0 fully saturated rings. The minimum atomic E-state index is -0.749. The standard InChI is InChI=1S/C20H16F2N4OS/c1-12-10-23-25(2)18(12)19(27)26(11-13-6-4-3-5-7-13)20-24-17-15(22)8-14(21)9-16(17)28-20/h3-10H,11H2,1-2H3. The predicted octanol–water partition coefficient (Wildman–Crippen LogP) is 4.46. The third kappa shape index (κ3) is 3.27. The maximum atomic E-state index is 14.1. The van der Waals surface area contributed by atoms with Crippen LogP contribution in [0.2, 0.25) is 0 Å².